The van der Waals surface area contributed by atoms with Crippen LogP contribution in [0.5, 0.6) is 0 Å². The second-order valence-corrected chi connectivity index (χ2v) is 10.5. The van der Waals surface area contributed by atoms with Gasteiger partial charge in [0, 0.05) is 30.5 Å². The van der Waals surface area contributed by atoms with Crippen molar-refractivity contribution < 1.29 is 0 Å². The Morgan fingerprint density at radius 3 is 1.66 bits per heavy atom. The van der Waals surface area contributed by atoms with Gasteiger partial charge in [-0.15, -0.1) is 0 Å². The third-order valence-corrected chi connectivity index (χ3v) is 7.23. The molecule has 222 valence electrons. The maximum Gasteiger partial charge on any atom is 0.0602 e. The molecule has 3 aromatic carbocycles. The lowest BCUT2D eigenvalue weighted by atomic mass is 9.95. The Bertz CT molecular complexity index is 1090. The van der Waals surface area contributed by atoms with Crippen LogP contribution in [-0.2, 0) is 0 Å². The zero-order valence-electron chi connectivity index (χ0n) is 25.6. The first-order chi connectivity index (χ1) is 19.9. The summed E-state index contributed by atoms with van der Waals surface area (Å²) in [5, 5.41) is 3.52. The quantitative estimate of drug-likeness (QED) is 0.190. The molecule has 4 rings (SSSR count). The second kappa shape index (κ2) is 19.7. The van der Waals surface area contributed by atoms with Crippen LogP contribution in [0.3, 0.4) is 0 Å². The van der Waals surface area contributed by atoms with Crippen molar-refractivity contribution in [3.8, 4) is 0 Å². The minimum Gasteiger partial charge on any atom is -0.402 e. The maximum absolute atomic E-state index is 5.72. The van der Waals surface area contributed by atoms with E-state index >= 15 is 0 Å². The first kappa shape index (κ1) is 33.8. The summed E-state index contributed by atoms with van der Waals surface area (Å²) in [6.45, 7) is 14.3. The average Bonchev–Trinajstić information content (AvgIpc) is 3.01. The highest BCUT2D eigenvalue weighted by Crippen LogP contribution is 2.28. The standard InChI is InChI=1S/C20H28N2.C8H14N2.C8H11N/c1-3-15-21-16-17-22(4-2)20(18-11-7-5-8-12-18)19-13-9-6-10-14-19;1-6(9)7-4-2-3-5-8(7)10;1-7(9)8-5-3-2-4-6-8/h5-14,20-21H,3-4,15-17H2,1-2H3;1-5,9-10H2;2-7H,9H2,1H3. The van der Waals surface area contributed by atoms with Gasteiger partial charge in [0.15, 0.2) is 0 Å². The van der Waals surface area contributed by atoms with Gasteiger partial charge in [-0.25, -0.2) is 0 Å². The van der Waals surface area contributed by atoms with Crippen LogP contribution in [0.15, 0.2) is 115 Å². The summed E-state index contributed by atoms with van der Waals surface area (Å²) in [6, 6.07) is 32.2. The normalized spacial score (nSPS) is 13.6. The summed E-state index contributed by atoms with van der Waals surface area (Å²) in [7, 11) is 0. The van der Waals surface area contributed by atoms with Crippen molar-refractivity contribution in [2.45, 2.75) is 65.0 Å². The molecular formula is C36H53N5. The van der Waals surface area contributed by atoms with E-state index in [1.54, 1.807) is 0 Å². The molecule has 0 fully saturated rings. The summed E-state index contributed by atoms with van der Waals surface area (Å²) in [5.41, 5.74) is 23.5. The molecule has 5 nitrogen and oxygen atoms in total. The molecule has 1 aliphatic rings. The smallest absolute Gasteiger partial charge is 0.0602 e. The Hall–Kier alpha value is -3.38. The van der Waals surface area contributed by atoms with Crippen molar-refractivity contribution in [2.75, 3.05) is 26.2 Å². The highest BCUT2D eigenvalue weighted by Gasteiger charge is 2.20. The van der Waals surface area contributed by atoms with Gasteiger partial charge in [0.25, 0.3) is 0 Å². The number of hydrogen-bond donors (Lipinski definition) is 4. The fourth-order valence-electron chi connectivity index (χ4n) is 4.93. The molecule has 0 heterocycles. The van der Waals surface area contributed by atoms with Gasteiger partial charge in [0.2, 0.25) is 0 Å². The van der Waals surface area contributed by atoms with Crippen LogP contribution in [-0.4, -0.2) is 31.1 Å². The van der Waals surface area contributed by atoms with Crippen LogP contribution in [0.1, 0.15) is 81.6 Å². The van der Waals surface area contributed by atoms with Crippen molar-refractivity contribution in [3.05, 3.63) is 131 Å². The molecule has 1 unspecified atom stereocenters. The fraction of sp³-hybridized carbons (Fsp3) is 0.389. The van der Waals surface area contributed by atoms with Crippen molar-refractivity contribution in [3.63, 3.8) is 0 Å². The van der Waals surface area contributed by atoms with Crippen molar-refractivity contribution in [1.29, 1.82) is 0 Å². The molecule has 7 N–H and O–H groups in total. The van der Waals surface area contributed by atoms with Crippen LogP contribution in [0.25, 0.3) is 0 Å². The molecule has 0 saturated carbocycles. The Morgan fingerprint density at radius 1 is 0.805 bits per heavy atom. The van der Waals surface area contributed by atoms with Gasteiger partial charge in [-0.3, -0.25) is 4.90 Å². The molecule has 3 aromatic rings. The summed E-state index contributed by atoms with van der Waals surface area (Å²) in [5.74, 6) is 0. The van der Waals surface area contributed by atoms with Crippen LogP contribution < -0.4 is 22.5 Å². The van der Waals surface area contributed by atoms with E-state index in [0.29, 0.717) is 11.7 Å². The number of nitrogens with two attached hydrogens (primary N) is 3. The third-order valence-electron chi connectivity index (χ3n) is 7.23. The molecular weight excluding hydrogens is 502 g/mol. The number of hydrogen-bond acceptors (Lipinski definition) is 5. The lowest BCUT2D eigenvalue weighted by Crippen LogP contribution is -2.35. The van der Waals surface area contributed by atoms with Gasteiger partial charge in [-0.1, -0.05) is 111 Å². The largest absolute Gasteiger partial charge is 0.402 e. The zero-order chi connectivity index (χ0) is 29.9. The third kappa shape index (κ3) is 12.3. The number of nitrogens with one attached hydrogen (secondary N) is 1. The molecule has 0 amide bonds. The van der Waals surface area contributed by atoms with E-state index in [2.05, 4.69) is 91.3 Å². The Balaban J connectivity index is 0.000000254. The summed E-state index contributed by atoms with van der Waals surface area (Å²) < 4.78 is 0. The minimum atomic E-state index is 0.159. The molecule has 1 aliphatic carbocycles. The topological polar surface area (TPSA) is 93.3 Å². The minimum absolute atomic E-state index is 0.159. The van der Waals surface area contributed by atoms with Gasteiger partial charge in [0.05, 0.1) is 6.04 Å². The summed E-state index contributed by atoms with van der Waals surface area (Å²) >= 11 is 0. The lowest BCUT2D eigenvalue weighted by Gasteiger charge is -2.31. The van der Waals surface area contributed by atoms with Crippen LogP contribution in [0.2, 0.25) is 0 Å². The van der Waals surface area contributed by atoms with Crippen LogP contribution in [0.4, 0.5) is 0 Å². The molecule has 0 spiro atoms. The first-order valence-corrected chi connectivity index (χ1v) is 15.2. The van der Waals surface area contributed by atoms with Crippen molar-refractivity contribution in [2.24, 2.45) is 17.2 Å². The lowest BCUT2D eigenvalue weighted by molar-refractivity contribution is 0.237. The Kier molecular flexibility index (Phi) is 16.2. The van der Waals surface area contributed by atoms with E-state index in [1.807, 2.05) is 37.3 Å². The number of likely N-dealkylation sites (N-methyl/N-ethyl adjacent to an activating group) is 1. The predicted octanol–water partition coefficient (Wildman–Crippen LogP) is 7.05. The molecule has 0 radical (unpaired) electrons. The predicted molar refractivity (Wildman–Crippen MR) is 177 cm³/mol. The molecule has 41 heavy (non-hydrogen) atoms. The Labute approximate surface area is 249 Å². The van der Waals surface area contributed by atoms with Crippen LogP contribution in [0, 0.1) is 0 Å². The fourth-order valence-corrected chi connectivity index (χ4v) is 4.93. The summed E-state index contributed by atoms with van der Waals surface area (Å²) in [4.78, 5) is 2.55. The zero-order valence-corrected chi connectivity index (χ0v) is 25.6. The monoisotopic (exact) mass is 555 g/mol. The van der Waals surface area contributed by atoms with Crippen molar-refractivity contribution in [1.82, 2.24) is 10.2 Å². The van der Waals surface area contributed by atoms with Gasteiger partial charge in [-0.2, -0.15) is 0 Å². The van der Waals surface area contributed by atoms with E-state index in [-0.39, 0.29) is 6.04 Å². The number of benzene rings is 3. The first-order valence-electron chi connectivity index (χ1n) is 15.2. The van der Waals surface area contributed by atoms with E-state index in [4.69, 9.17) is 17.2 Å². The van der Waals surface area contributed by atoms with E-state index in [0.717, 1.165) is 50.3 Å². The number of rotatable bonds is 11. The molecule has 5 heteroatoms. The highest BCUT2D eigenvalue weighted by molar-refractivity contribution is 5.32. The van der Waals surface area contributed by atoms with Gasteiger partial charge in [0.1, 0.15) is 0 Å². The SMILES string of the molecule is C=C(N)C1=C(N)CCCC1.CC(N)c1ccccc1.CCCNCCN(CC)C(c1ccccc1)c1ccccc1. The van der Waals surface area contributed by atoms with E-state index in [9.17, 15) is 0 Å². The second-order valence-electron chi connectivity index (χ2n) is 10.5. The van der Waals surface area contributed by atoms with Crippen LogP contribution >= 0.6 is 0 Å². The molecule has 0 aliphatic heterocycles. The molecule has 0 bridgehead atoms. The van der Waals surface area contributed by atoms with E-state index < -0.39 is 0 Å². The number of nitrogens with zero attached hydrogens (tertiary/aromatic N) is 1. The molecule has 0 aromatic heterocycles. The maximum atomic E-state index is 5.72. The van der Waals surface area contributed by atoms with E-state index in [1.165, 1.54) is 36.0 Å². The Morgan fingerprint density at radius 2 is 1.29 bits per heavy atom. The molecule has 0 saturated heterocycles. The van der Waals surface area contributed by atoms with Gasteiger partial charge in [-0.05, 0) is 74.4 Å². The average molecular weight is 556 g/mol. The van der Waals surface area contributed by atoms with Gasteiger partial charge < -0.3 is 22.5 Å². The summed E-state index contributed by atoms with van der Waals surface area (Å²) in [6.07, 6.45) is 5.59. The highest BCUT2D eigenvalue weighted by atomic mass is 15.2. The molecule has 1 atom stereocenters. The van der Waals surface area contributed by atoms with Crippen molar-refractivity contribution >= 4 is 0 Å². The van der Waals surface area contributed by atoms with Gasteiger partial charge >= 0.3 is 0 Å². The number of allylic oxidation sites excluding steroid dienone is 2.